The molecule has 1 aliphatic carbocycles. The summed E-state index contributed by atoms with van der Waals surface area (Å²) in [6, 6.07) is 0. The number of hydrogen-bond donors (Lipinski definition) is 0. The van der Waals surface area contributed by atoms with Crippen LogP contribution in [0.3, 0.4) is 0 Å². The van der Waals surface area contributed by atoms with E-state index in [0.29, 0.717) is 6.10 Å². The second kappa shape index (κ2) is 5.95. The summed E-state index contributed by atoms with van der Waals surface area (Å²) < 4.78 is 10.5. The van der Waals surface area contributed by atoms with Crippen molar-refractivity contribution < 1.29 is 9.47 Å². The minimum absolute atomic E-state index is 0.188. The number of allylic oxidation sites excluding steroid dienone is 2. The Bertz CT molecular complexity index is 169. The summed E-state index contributed by atoms with van der Waals surface area (Å²) in [5.41, 5.74) is 0. The van der Waals surface area contributed by atoms with E-state index in [0.717, 1.165) is 19.6 Å². The fourth-order valence-electron chi connectivity index (χ4n) is 1.06. The van der Waals surface area contributed by atoms with E-state index >= 15 is 0 Å². The summed E-state index contributed by atoms with van der Waals surface area (Å²) in [6.45, 7) is 5.61. The van der Waals surface area contributed by atoms with E-state index in [-0.39, 0.29) is 6.10 Å². The summed E-state index contributed by atoms with van der Waals surface area (Å²) in [5, 5.41) is 0. The van der Waals surface area contributed by atoms with Crippen LogP contribution in [0.5, 0.6) is 0 Å². The zero-order chi connectivity index (χ0) is 9.52. The molecule has 0 radical (unpaired) electrons. The lowest BCUT2D eigenvalue weighted by Crippen LogP contribution is -2.12. The number of ether oxygens (including phenoxy) is 2. The Hall–Kier alpha value is -0.600. The highest BCUT2D eigenvalue weighted by molar-refractivity contribution is 5.10. The Morgan fingerprint density at radius 1 is 1.31 bits per heavy atom. The van der Waals surface area contributed by atoms with E-state index in [1.54, 1.807) is 0 Å². The van der Waals surface area contributed by atoms with Crippen molar-refractivity contribution in [2.75, 3.05) is 13.2 Å². The van der Waals surface area contributed by atoms with Crippen molar-refractivity contribution >= 4 is 0 Å². The van der Waals surface area contributed by atoms with Gasteiger partial charge in [0.2, 0.25) is 0 Å². The third kappa shape index (κ3) is 4.25. The normalized spacial score (nSPS) is 25.2. The molecule has 1 aliphatic heterocycles. The lowest BCUT2D eigenvalue weighted by molar-refractivity contribution is 0.0982. The van der Waals surface area contributed by atoms with Crippen LogP contribution in [-0.4, -0.2) is 25.4 Å². The van der Waals surface area contributed by atoms with Crippen LogP contribution in [0, 0.1) is 0 Å². The highest BCUT2D eigenvalue weighted by Gasteiger charge is 2.23. The van der Waals surface area contributed by atoms with Gasteiger partial charge in [-0.1, -0.05) is 38.2 Å². The number of rotatable bonds is 3. The van der Waals surface area contributed by atoms with Gasteiger partial charge >= 0.3 is 0 Å². The van der Waals surface area contributed by atoms with Gasteiger partial charge in [0.1, 0.15) is 6.10 Å². The molecule has 2 rings (SSSR count). The fourth-order valence-corrected chi connectivity index (χ4v) is 1.06. The third-order valence-electron chi connectivity index (χ3n) is 1.80. The summed E-state index contributed by atoms with van der Waals surface area (Å²) >= 11 is 0. The summed E-state index contributed by atoms with van der Waals surface area (Å²) in [5.74, 6) is 0. The Morgan fingerprint density at radius 3 is 2.46 bits per heavy atom. The van der Waals surface area contributed by atoms with Crippen LogP contribution in [0.4, 0.5) is 0 Å². The molecule has 0 aromatic rings. The molecule has 13 heavy (non-hydrogen) atoms. The van der Waals surface area contributed by atoms with Crippen LogP contribution in [0.15, 0.2) is 24.3 Å². The van der Waals surface area contributed by atoms with E-state index in [2.05, 4.69) is 24.3 Å². The minimum Gasteiger partial charge on any atom is -0.371 e. The summed E-state index contributed by atoms with van der Waals surface area (Å²) in [4.78, 5) is 0. The maximum atomic E-state index is 5.51. The van der Waals surface area contributed by atoms with Crippen molar-refractivity contribution in [1.29, 1.82) is 0 Å². The van der Waals surface area contributed by atoms with E-state index in [4.69, 9.17) is 9.47 Å². The van der Waals surface area contributed by atoms with Gasteiger partial charge in [-0.15, -0.1) is 0 Å². The van der Waals surface area contributed by atoms with Crippen molar-refractivity contribution in [2.45, 2.75) is 32.5 Å². The molecule has 2 heteroatoms. The second-order valence-electron chi connectivity index (χ2n) is 2.85. The van der Waals surface area contributed by atoms with Crippen LogP contribution < -0.4 is 0 Å². The SMILES string of the molecule is C1=CC(OCC2CO2)C=CC1.CC. The van der Waals surface area contributed by atoms with Gasteiger partial charge in [0.15, 0.2) is 0 Å². The minimum atomic E-state index is 0.188. The summed E-state index contributed by atoms with van der Waals surface area (Å²) in [7, 11) is 0. The Kier molecular flexibility index (Phi) is 4.79. The Balaban J connectivity index is 0.000000396. The highest BCUT2D eigenvalue weighted by Crippen LogP contribution is 2.12. The first-order chi connectivity index (χ1) is 6.45. The standard InChI is InChI=1S/C9H12O2.C2H6/c1-2-4-8(5-3-1)10-6-9-7-11-9;1-2/h2-5,8-9H,1,6-7H2;1-2H3. The average Bonchev–Trinajstić information content (AvgIpc) is 3.03. The fraction of sp³-hybridized carbons (Fsp3) is 0.636. The molecular weight excluding hydrogens is 164 g/mol. The molecular formula is C11H18O2. The summed E-state index contributed by atoms with van der Waals surface area (Å²) in [6.07, 6.45) is 10.0. The van der Waals surface area contributed by atoms with Crippen molar-refractivity contribution in [3.63, 3.8) is 0 Å². The molecule has 0 aromatic carbocycles. The molecule has 74 valence electrons. The van der Waals surface area contributed by atoms with Crippen molar-refractivity contribution in [2.24, 2.45) is 0 Å². The lowest BCUT2D eigenvalue weighted by atomic mass is 10.2. The second-order valence-corrected chi connectivity index (χ2v) is 2.85. The molecule has 2 aliphatic rings. The van der Waals surface area contributed by atoms with Crippen molar-refractivity contribution in [3.8, 4) is 0 Å². The van der Waals surface area contributed by atoms with Crippen LogP contribution in [0.2, 0.25) is 0 Å². The van der Waals surface area contributed by atoms with E-state index in [1.165, 1.54) is 0 Å². The first-order valence-corrected chi connectivity index (χ1v) is 5.02. The van der Waals surface area contributed by atoms with Crippen LogP contribution >= 0.6 is 0 Å². The Morgan fingerprint density at radius 2 is 1.92 bits per heavy atom. The molecule has 0 amide bonds. The first kappa shape index (κ1) is 10.5. The zero-order valence-electron chi connectivity index (χ0n) is 8.40. The van der Waals surface area contributed by atoms with Gasteiger partial charge in [-0.2, -0.15) is 0 Å². The predicted molar refractivity (Wildman–Crippen MR) is 53.7 cm³/mol. The number of epoxide rings is 1. The lowest BCUT2D eigenvalue weighted by Gasteiger charge is -2.10. The van der Waals surface area contributed by atoms with Gasteiger partial charge < -0.3 is 9.47 Å². The smallest absolute Gasteiger partial charge is 0.104 e. The predicted octanol–water partition coefficient (Wildman–Crippen LogP) is 2.31. The third-order valence-corrected chi connectivity index (χ3v) is 1.80. The molecule has 1 saturated heterocycles. The van der Waals surface area contributed by atoms with E-state index in [1.807, 2.05) is 13.8 Å². The quantitative estimate of drug-likeness (QED) is 0.493. The maximum absolute atomic E-state index is 5.51. The number of hydrogen-bond acceptors (Lipinski definition) is 2. The topological polar surface area (TPSA) is 21.8 Å². The van der Waals surface area contributed by atoms with Gasteiger partial charge in [0.05, 0.1) is 19.3 Å². The van der Waals surface area contributed by atoms with E-state index in [9.17, 15) is 0 Å². The van der Waals surface area contributed by atoms with Crippen molar-refractivity contribution in [1.82, 2.24) is 0 Å². The molecule has 1 unspecified atom stereocenters. The Labute approximate surface area is 80.2 Å². The van der Waals surface area contributed by atoms with E-state index < -0.39 is 0 Å². The van der Waals surface area contributed by atoms with Crippen LogP contribution in [0.25, 0.3) is 0 Å². The average molecular weight is 182 g/mol. The molecule has 0 aromatic heterocycles. The first-order valence-electron chi connectivity index (χ1n) is 5.02. The molecule has 0 spiro atoms. The van der Waals surface area contributed by atoms with Gasteiger partial charge in [-0.05, 0) is 6.42 Å². The molecule has 1 heterocycles. The van der Waals surface area contributed by atoms with Gasteiger partial charge in [-0.3, -0.25) is 0 Å². The molecule has 1 atom stereocenters. The zero-order valence-corrected chi connectivity index (χ0v) is 8.40. The molecule has 0 N–H and O–H groups in total. The molecule has 0 saturated carbocycles. The van der Waals surface area contributed by atoms with Crippen LogP contribution in [0.1, 0.15) is 20.3 Å². The van der Waals surface area contributed by atoms with Gasteiger partial charge in [0.25, 0.3) is 0 Å². The maximum Gasteiger partial charge on any atom is 0.104 e. The van der Waals surface area contributed by atoms with Crippen LogP contribution in [-0.2, 0) is 9.47 Å². The highest BCUT2D eigenvalue weighted by atomic mass is 16.6. The van der Waals surface area contributed by atoms with Gasteiger partial charge in [0, 0.05) is 0 Å². The van der Waals surface area contributed by atoms with Gasteiger partial charge in [-0.25, -0.2) is 0 Å². The molecule has 2 nitrogen and oxygen atoms in total. The largest absolute Gasteiger partial charge is 0.371 e. The molecule has 1 fully saturated rings. The molecule has 0 bridgehead atoms. The monoisotopic (exact) mass is 182 g/mol. The van der Waals surface area contributed by atoms with Crippen molar-refractivity contribution in [3.05, 3.63) is 24.3 Å².